The maximum atomic E-state index is 12.5. The fourth-order valence-corrected chi connectivity index (χ4v) is 2.62. The van der Waals surface area contributed by atoms with Crippen molar-refractivity contribution in [2.75, 3.05) is 16.8 Å². The summed E-state index contributed by atoms with van der Waals surface area (Å²) in [5.41, 5.74) is 1.18. The summed E-state index contributed by atoms with van der Waals surface area (Å²) < 4.78 is 5.39. The SMILES string of the molecule is CC(C(=O)Nc1ccccc1)N1C(=O)COc2ccc(Cl)cc21. The van der Waals surface area contributed by atoms with Crippen molar-refractivity contribution in [1.82, 2.24) is 0 Å². The third-order valence-corrected chi connectivity index (χ3v) is 3.84. The molecule has 5 nitrogen and oxygen atoms in total. The fourth-order valence-electron chi connectivity index (χ4n) is 2.45. The number of nitrogens with zero attached hydrogens (tertiary/aromatic N) is 1. The minimum atomic E-state index is -0.691. The van der Waals surface area contributed by atoms with Crippen molar-refractivity contribution in [3.63, 3.8) is 0 Å². The lowest BCUT2D eigenvalue weighted by atomic mass is 10.1. The van der Waals surface area contributed by atoms with Crippen LogP contribution in [0.3, 0.4) is 0 Å². The van der Waals surface area contributed by atoms with Crippen LogP contribution in [0.15, 0.2) is 48.5 Å². The molecule has 2 amide bonds. The Hall–Kier alpha value is -2.53. The molecule has 2 aromatic carbocycles. The summed E-state index contributed by atoms with van der Waals surface area (Å²) >= 11 is 6.01. The summed E-state index contributed by atoms with van der Waals surface area (Å²) in [6, 6.07) is 13.4. The quantitative estimate of drug-likeness (QED) is 0.940. The van der Waals surface area contributed by atoms with Gasteiger partial charge >= 0.3 is 0 Å². The predicted molar refractivity (Wildman–Crippen MR) is 89.0 cm³/mol. The van der Waals surface area contributed by atoms with Gasteiger partial charge in [0.2, 0.25) is 5.91 Å². The molecule has 0 aromatic heterocycles. The molecule has 1 heterocycles. The fraction of sp³-hybridized carbons (Fsp3) is 0.176. The molecule has 118 valence electrons. The number of halogens is 1. The van der Waals surface area contributed by atoms with E-state index in [1.54, 1.807) is 37.3 Å². The third-order valence-electron chi connectivity index (χ3n) is 3.61. The van der Waals surface area contributed by atoms with Gasteiger partial charge in [0.05, 0.1) is 5.69 Å². The Bertz CT molecular complexity index is 749. The van der Waals surface area contributed by atoms with E-state index >= 15 is 0 Å². The van der Waals surface area contributed by atoms with Gasteiger partial charge in [-0.15, -0.1) is 0 Å². The number of fused-ring (bicyclic) bond motifs is 1. The van der Waals surface area contributed by atoms with Crippen LogP contribution in [0.1, 0.15) is 6.92 Å². The highest BCUT2D eigenvalue weighted by Crippen LogP contribution is 2.35. The normalized spacial score (nSPS) is 14.7. The van der Waals surface area contributed by atoms with E-state index in [1.165, 1.54) is 4.90 Å². The van der Waals surface area contributed by atoms with Crippen molar-refractivity contribution < 1.29 is 14.3 Å². The number of para-hydroxylation sites is 1. The van der Waals surface area contributed by atoms with E-state index in [4.69, 9.17) is 16.3 Å². The standard InChI is InChI=1S/C17H15ClN2O3/c1-11(17(22)19-13-5-3-2-4-6-13)20-14-9-12(18)7-8-15(14)23-10-16(20)21/h2-9,11H,10H2,1H3,(H,19,22). The lowest BCUT2D eigenvalue weighted by Crippen LogP contribution is -2.49. The number of ether oxygens (including phenoxy) is 1. The molecule has 1 aliphatic rings. The van der Waals surface area contributed by atoms with E-state index < -0.39 is 6.04 Å². The average molecular weight is 331 g/mol. The number of carbonyl (C=O) groups excluding carboxylic acids is 2. The Kier molecular flexibility index (Phi) is 4.21. The first-order valence-electron chi connectivity index (χ1n) is 7.16. The number of carbonyl (C=O) groups is 2. The summed E-state index contributed by atoms with van der Waals surface area (Å²) in [4.78, 5) is 26.1. The first-order chi connectivity index (χ1) is 11.1. The minimum Gasteiger partial charge on any atom is -0.482 e. The third kappa shape index (κ3) is 3.14. The number of rotatable bonds is 3. The smallest absolute Gasteiger partial charge is 0.265 e. The number of hydrogen-bond acceptors (Lipinski definition) is 3. The van der Waals surface area contributed by atoms with E-state index in [-0.39, 0.29) is 18.4 Å². The topological polar surface area (TPSA) is 58.6 Å². The number of nitrogens with one attached hydrogen (secondary N) is 1. The first kappa shape index (κ1) is 15.4. The zero-order valence-corrected chi connectivity index (χ0v) is 13.2. The molecule has 0 bridgehead atoms. The molecule has 1 aliphatic heterocycles. The van der Waals surface area contributed by atoms with E-state index in [9.17, 15) is 9.59 Å². The van der Waals surface area contributed by atoms with Crippen molar-refractivity contribution >= 4 is 34.8 Å². The van der Waals surface area contributed by atoms with E-state index in [0.29, 0.717) is 22.1 Å². The zero-order valence-electron chi connectivity index (χ0n) is 12.5. The second-order valence-corrected chi connectivity index (χ2v) is 5.63. The van der Waals surface area contributed by atoms with E-state index in [2.05, 4.69) is 5.32 Å². The van der Waals surface area contributed by atoms with Crippen LogP contribution < -0.4 is 15.0 Å². The van der Waals surface area contributed by atoms with Gasteiger partial charge in [0, 0.05) is 10.7 Å². The van der Waals surface area contributed by atoms with Crippen LogP contribution in [-0.2, 0) is 9.59 Å². The lowest BCUT2D eigenvalue weighted by molar-refractivity contribution is -0.125. The molecule has 2 aromatic rings. The molecular formula is C17H15ClN2O3. The zero-order chi connectivity index (χ0) is 16.4. The average Bonchev–Trinajstić information content (AvgIpc) is 2.55. The second-order valence-electron chi connectivity index (χ2n) is 5.20. The molecule has 23 heavy (non-hydrogen) atoms. The Balaban J connectivity index is 1.87. The summed E-state index contributed by atoms with van der Waals surface area (Å²) in [6.45, 7) is 1.57. The Morgan fingerprint density at radius 2 is 2.00 bits per heavy atom. The number of amides is 2. The molecule has 0 radical (unpaired) electrons. The van der Waals surface area contributed by atoms with Crippen molar-refractivity contribution in [3.05, 3.63) is 53.6 Å². The molecule has 0 saturated carbocycles. The molecule has 0 fully saturated rings. The molecular weight excluding hydrogens is 316 g/mol. The first-order valence-corrected chi connectivity index (χ1v) is 7.54. The van der Waals surface area contributed by atoms with Crippen molar-refractivity contribution in [3.8, 4) is 5.75 Å². The largest absolute Gasteiger partial charge is 0.482 e. The van der Waals surface area contributed by atoms with E-state index in [0.717, 1.165) is 0 Å². The van der Waals surface area contributed by atoms with Crippen LogP contribution in [0.5, 0.6) is 5.75 Å². The maximum absolute atomic E-state index is 12.5. The van der Waals surface area contributed by atoms with Crippen molar-refractivity contribution in [2.45, 2.75) is 13.0 Å². The van der Waals surface area contributed by atoms with Crippen LogP contribution in [0, 0.1) is 0 Å². The highest BCUT2D eigenvalue weighted by atomic mass is 35.5. The number of anilines is 2. The second kappa shape index (κ2) is 6.30. The van der Waals surface area contributed by atoms with Gasteiger partial charge in [-0.1, -0.05) is 29.8 Å². The molecule has 1 atom stereocenters. The van der Waals surface area contributed by atoms with Crippen LogP contribution in [-0.4, -0.2) is 24.5 Å². The number of hydrogen-bond donors (Lipinski definition) is 1. The summed E-state index contributed by atoms with van der Waals surface area (Å²) in [5.74, 6) is -0.0267. The Morgan fingerprint density at radius 1 is 1.26 bits per heavy atom. The van der Waals surface area contributed by atoms with Gasteiger partial charge in [-0.3, -0.25) is 14.5 Å². The molecule has 0 saturated heterocycles. The van der Waals surface area contributed by atoms with Crippen LogP contribution in [0.25, 0.3) is 0 Å². The summed E-state index contributed by atoms with van der Waals surface area (Å²) in [5, 5.41) is 3.27. The van der Waals surface area contributed by atoms with Gasteiger partial charge in [0.25, 0.3) is 5.91 Å². The maximum Gasteiger partial charge on any atom is 0.265 e. The monoisotopic (exact) mass is 330 g/mol. The van der Waals surface area contributed by atoms with Crippen LogP contribution in [0.4, 0.5) is 11.4 Å². The molecule has 1 N–H and O–H groups in total. The molecule has 6 heteroatoms. The molecule has 1 unspecified atom stereocenters. The summed E-state index contributed by atoms with van der Waals surface area (Å²) in [6.07, 6.45) is 0. The summed E-state index contributed by atoms with van der Waals surface area (Å²) in [7, 11) is 0. The van der Waals surface area contributed by atoms with Gasteiger partial charge in [0.15, 0.2) is 6.61 Å². The number of benzene rings is 2. The molecule has 0 aliphatic carbocycles. The Morgan fingerprint density at radius 3 is 2.74 bits per heavy atom. The van der Waals surface area contributed by atoms with Gasteiger partial charge in [-0.25, -0.2) is 0 Å². The van der Waals surface area contributed by atoms with Gasteiger partial charge in [0.1, 0.15) is 11.8 Å². The van der Waals surface area contributed by atoms with Gasteiger partial charge in [-0.05, 0) is 37.3 Å². The highest BCUT2D eigenvalue weighted by Gasteiger charge is 2.33. The van der Waals surface area contributed by atoms with Crippen molar-refractivity contribution in [2.24, 2.45) is 0 Å². The molecule has 0 spiro atoms. The van der Waals surface area contributed by atoms with E-state index in [1.807, 2.05) is 18.2 Å². The molecule has 3 rings (SSSR count). The highest BCUT2D eigenvalue weighted by molar-refractivity contribution is 6.31. The van der Waals surface area contributed by atoms with Gasteiger partial charge in [-0.2, -0.15) is 0 Å². The van der Waals surface area contributed by atoms with Crippen LogP contribution >= 0.6 is 11.6 Å². The minimum absolute atomic E-state index is 0.0996. The lowest BCUT2D eigenvalue weighted by Gasteiger charge is -2.33. The Labute approximate surface area is 138 Å². The van der Waals surface area contributed by atoms with Crippen molar-refractivity contribution in [1.29, 1.82) is 0 Å². The van der Waals surface area contributed by atoms with Gasteiger partial charge < -0.3 is 10.1 Å². The van der Waals surface area contributed by atoms with Crippen LogP contribution in [0.2, 0.25) is 5.02 Å². The predicted octanol–water partition coefficient (Wildman–Crippen LogP) is 3.09.